The number of aromatic nitrogens is 2. The number of nitriles is 1. The highest BCUT2D eigenvalue weighted by molar-refractivity contribution is 6.10. The number of aromatic carboxylic acids is 1. The van der Waals surface area contributed by atoms with Crippen molar-refractivity contribution in [3.63, 3.8) is 0 Å². The van der Waals surface area contributed by atoms with Gasteiger partial charge in [0, 0.05) is 35.3 Å². The molecule has 60 heavy (non-hydrogen) atoms. The lowest BCUT2D eigenvalue weighted by atomic mass is 9.34. The molecule has 0 radical (unpaired) electrons. The number of carbonyl (C=O) groups excluding carboxylic acids is 4. The highest BCUT2D eigenvalue weighted by Crippen LogP contribution is 2.73. The molecule has 4 fully saturated rings. The van der Waals surface area contributed by atoms with Gasteiger partial charge in [0.1, 0.15) is 11.4 Å². The number of carboxylic acid groups (broad SMARTS) is 1. The van der Waals surface area contributed by atoms with Gasteiger partial charge >= 0.3 is 5.97 Å². The monoisotopic (exact) mass is 807 g/mol. The first-order chi connectivity index (χ1) is 28.6. The molecule has 1 heterocycles. The average molecular weight is 808 g/mol. The molecule has 15 heteroatoms. The Balaban J connectivity index is 0.905. The lowest BCUT2D eigenvalue weighted by Crippen LogP contribution is -2.72. The number of amides is 4. The van der Waals surface area contributed by atoms with E-state index in [1.54, 1.807) is 38.1 Å². The van der Waals surface area contributed by atoms with Gasteiger partial charge in [-0.25, -0.2) is 9.78 Å². The Morgan fingerprint density at radius 2 is 1.55 bits per heavy atom. The zero-order valence-electron chi connectivity index (χ0n) is 33.0. The largest absolute Gasteiger partial charge is 0.504 e. The van der Waals surface area contributed by atoms with Gasteiger partial charge in [-0.2, -0.15) is 5.26 Å². The van der Waals surface area contributed by atoms with Gasteiger partial charge in [0.2, 0.25) is 5.91 Å². The minimum atomic E-state index is -1.16. The van der Waals surface area contributed by atoms with E-state index in [4.69, 9.17) is 14.8 Å². The highest BCUT2D eigenvalue weighted by Gasteiger charge is 2.75. The van der Waals surface area contributed by atoms with E-state index in [9.17, 15) is 34.3 Å². The number of hydrogen-bond donors (Lipinski definition) is 6. The van der Waals surface area contributed by atoms with Crippen molar-refractivity contribution in [3.05, 3.63) is 120 Å². The quantitative estimate of drug-likeness (QED) is 0.0732. The maximum Gasteiger partial charge on any atom is 0.335 e. The third-order valence-corrected chi connectivity index (χ3v) is 11.8. The number of carboxylic acids is 1. The molecule has 4 saturated carbocycles. The summed E-state index contributed by atoms with van der Waals surface area (Å²) in [6, 6.07) is 22.0. The first kappa shape index (κ1) is 39.4. The number of phenols is 1. The fraction of sp³-hybridized carbons (Fsp3) is 0.267. The second-order valence-corrected chi connectivity index (χ2v) is 16.2. The number of imidazole rings is 1. The zero-order valence-corrected chi connectivity index (χ0v) is 33.0. The number of fused-ring (bicyclic) bond motifs is 1. The molecule has 4 aromatic carbocycles. The maximum atomic E-state index is 13.8. The molecule has 6 N–H and O–H groups in total. The van der Waals surface area contributed by atoms with Gasteiger partial charge < -0.3 is 40.8 Å². The van der Waals surface area contributed by atoms with Crippen molar-refractivity contribution < 1.29 is 38.9 Å². The van der Waals surface area contributed by atoms with Crippen LogP contribution in [0.5, 0.6) is 11.5 Å². The molecular formula is C45H41N7O8. The van der Waals surface area contributed by atoms with Gasteiger partial charge in [-0.15, -0.1) is 6.58 Å². The molecule has 1 aromatic heterocycles. The fourth-order valence-corrected chi connectivity index (χ4v) is 8.61. The van der Waals surface area contributed by atoms with Crippen LogP contribution in [-0.4, -0.2) is 61.0 Å². The lowest BCUT2D eigenvalue weighted by Gasteiger charge is -2.68. The molecule has 0 saturated heterocycles. The first-order valence-electron chi connectivity index (χ1n) is 19.3. The molecule has 2 atom stereocenters. The summed E-state index contributed by atoms with van der Waals surface area (Å²) >= 11 is 0. The Labute approximate surface area is 344 Å². The lowest BCUT2D eigenvalue weighted by molar-refractivity contribution is -0.179. The van der Waals surface area contributed by atoms with E-state index < -0.39 is 46.5 Å². The van der Waals surface area contributed by atoms with Crippen LogP contribution < -0.4 is 26.0 Å². The molecule has 0 aliphatic heterocycles. The summed E-state index contributed by atoms with van der Waals surface area (Å²) in [4.78, 5) is 70.1. The summed E-state index contributed by atoms with van der Waals surface area (Å²) in [5.41, 5.74) is 1.18. The normalized spacial score (nSPS) is 22.0. The van der Waals surface area contributed by atoms with Crippen LogP contribution in [0.4, 0.5) is 17.1 Å². The molecule has 0 unspecified atom stereocenters. The van der Waals surface area contributed by atoms with Crippen molar-refractivity contribution in [1.29, 1.82) is 5.26 Å². The number of nitrogens with zero attached hydrogens (tertiary/aromatic N) is 3. The highest BCUT2D eigenvalue weighted by atomic mass is 16.5. The Kier molecular flexibility index (Phi) is 9.46. The van der Waals surface area contributed by atoms with Gasteiger partial charge in [-0.1, -0.05) is 6.08 Å². The van der Waals surface area contributed by atoms with E-state index in [-0.39, 0.29) is 45.4 Å². The van der Waals surface area contributed by atoms with Crippen LogP contribution in [0.3, 0.4) is 0 Å². The third kappa shape index (κ3) is 6.65. The molecule has 5 aromatic rings. The Hall–Kier alpha value is -7.47. The number of aryl methyl sites for hydroxylation is 1. The van der Waals surface area contributed by atoms with Crippen LogP contribution in [0, 0.1) is 22.7 Å². The van der Waals surface area contributed by atoms with Crippen LogP contribution in [0.1, 0.15) is 82.0 Å². The maximum absolute atomic E-state index is 13.8. The smallest absolute Gasteiger partial charge is 0.335 e. The molecule has 304 valence electrons. The van der Waals surface area contributed by atoms with Crippen molar-refractivity contribution in [2.24, 2.45) is 18.4 Å². The summed E-state index contributed by atoms with van der Waals surface area (Å²) in [5, 5.41) is 40.9. The number of aromatic hydroxyl groups is 1. The summed E-state index contributed by atoms with van der Waals surface area (Å²) in [5.74, 6) is -2.93. The summed E-state index contributed by atoms with van der Waals surface area (Å²) in [6.45, 7) is 7.31. The molecule has 9 rings (SSSR count). The Morgan fingerprint density at radius 1 is 0.900 bits per heavy atom. The first-order valence-corrected chi connectivity index (χ1v) is 19.3. The minimum Gasteiger partial charge on any atom is -0.504 e. The number of anilines is 3. The van der Waals surface area contributed by atoms with E-state index in [1.165, 1.54) is 48.5 Å². The van der Waals surface area contributed by atoms with Crippen molar-refractivity contribution >= 4 is 57.7 Å². The summed E-state index contributed by atoms with van der Waals surface area (Å²) in [7, 11) is 1.93. The van der Waals surface area contributed by atoms with E-state index in [2.05, 4.69) is 33.9 Å². The van der Waals surface area contributed by atoms with Crippen molar-refractivity contribution in [2.45, 2.75) is 56.6 Å². The third-order valence-electron chi connectivity index (χ3n) is 11.8. The standard InChI is InChI=1S/C45H41N7O8/c1-5-28-19-45(28,51-41(58)44-21-43(22-44,23-44)40-50-32-16-6-25(20-46)18-34(32)52(40)4)42(59)48-30-11-7-26(8-12-30)37(54)49-33-17-15-31(35(53)36(33)60-24(2)3)38(55)47-29-13-9-27(10-14-29)39(56)57/h5-18,24,28,53H,1,19,21-23H2,2-4H3,(H,47,55)(H,48,59)(H,49,54)(H,51,58)(H,56,57)/t28-,43?,44?,45-/m0/s1. The van der Waals surface area contributed by atoms with Crippen LogP contribution >= 0.6 is 0 Å². The van der Waals surface area contributed by atoms with Crippen molar-refractivity contribution in [2.75, 3.05) is 16.0 Å². The second-order valence-electron chi connectivity index (χ2n) is 16.2. The molecule has 0 spiro atoms. The predicted octanol–water partition coefficient (Wildman–Crippen LogP) is 6.26. The van der Waals surface area contributed by atoms with E-state index in [0.29, 0.717) is 42.6 Å². The van der Waals surface area contributed by atoms with Crippen LogP contribution in [0.25, 0.3) is 11.0 Å². The number of benzene rings is 4. The molecule has 15 nitrogen and oxygen atoms in total. The van der Waals surface area contributed by atoms with Crippen LogP contribution in [0.2, 0.25) is 0 Å². The molecular weight excluding hydrogens is 767 g/mol. The van der Waals surface area contributed by atoms with Crippen molar-refractivity contribution in [3.8, 4) is 17.6 Å². The van der Waals surface area contributed by atoms with Gasteiger partial charge in [0.25, 0.3) is 17.7 Å². The number of ether oxygens (including phenoxy) is 1. The second kappa shape index (κ2) is 14.4. The molecule has 2 bridgehead atoms. The topological polar surface area (TPSA) is 225 Å². The fourth-order valence-electron chi connectivity index (χ4n) is 8.61. The number of nitrogens with one attached hydrogen (secondary N) is 4. The number of phenolic OH excluding ortho intramolecular Hbond substituents is 1. The van der Waals surface area contributed by atoms with Crippen LogP contribution in [0.15, 0.2) is 91.5 Å². The predicted molar refractivity (Wildman–Crippen MR) is 221 cm³/mol. The number of carbonyl (C=O) groups is 5. The summed E-state index contributed by atoms with van der Waals surface area (Å²) in [6.07, 6.45) is 3.47. The average Bonchev–Trinajstić information content (AvgIpc) is 3.82. The van der Waals surface area contributed by atoms with Gasteiger partial charge in [0.05, 0.1) is 51.0 Å². The van der Waals surface area contributed by atoms with E-state index in [1.807, 2.05) is 23.7 Å². The van der Waals surface area contributed by atoms with Crippen molar-refractivity contribution in [1.82, 2.24) is 14.9 Å². The zero-order chi connectivity index (χ0) is 42.7. The van der Waals surface area contributed by atoms with E-state index >= 15 is 0 Å². The molecule has 4 aliphatic carbocycles. The van der Waals surface area contributed by atoms with Gasteiger partial charge in [-0.3, -0.25) is 19.2 Å². The SMILES string of the molecule is C=C[C@H]1C[C@@]1(NC(=O)C12CC(c3nc4ccc(C#N)cc4n3C)(C1)C2)C(=O)Nc1ccc(C(=O)Nc2ccc(C(=O)Nc3ccc(C(=O)O)cc3)c(O)c2OC(C)C)cc1. The number of rotatable bonds is 13. The number of hydrogen-bond acceptors (Lipinski definition) is 9. The van der Waals surface area contributed by atoms with Crippen LogP contribution in [-0.2, 0) is 22.1 Å². The summed E-state index contributed by atoms with van der Waals surface area (Å²) < 4.78 is 7.83. The van der Waals surface area contributed by atoms with E-state index in [0.717, 1.165) is 16.9 Å². The Morgan fingerprint density at radius 3 is 2.15 bits per heavy atom. The van der Waals surface area contributed by atoms with Gasteiger partial charge in [-0.05, 0) is 118 Å². The molecule has 4 aliphatic rings. The van der Waals surface area contributed by atoms with Gasteiger partial charge in [0.15, 0.2) is 11.5 Å². The minimum absolute atomic E-state index is 0.0429. The molecule has 4 amide bonds. The Bertz CT molecular complexity index is 2680.